The van der Waals surface area contributed by atoms with E-state index in [1.54, 1.807) is 0 Å². The molecule has 0 aromatic rings. The summed E-state index contributed by atoms with van der Waals surface area (Å²) in [6, 6.07) is 0. The molecule has 0 saturated heterocycles. The Hall–Kier alpha value is -0.570. The van der Waals surface area contributed by atoms with E-state index in [1.807, 2.05) is 0 Å². The van der Waals surface area contributed by atoms with Gasteiger partial charge in [0.05, 0.1) is 6.61 Å². The molecule has 1 N–H and O–H groups in total. The van der Waals surface area contributed by atoms with E-state index in [2.05, 4.69) is 0 Å². The Morgan fingerprint density at radius 1 is 1.50 bits per heavy atom. The summed E-state index contributed by atoms with van der Waals surface area (Å²) in [7, 11) is 0. The number of aliphatic hydroxyl groups is 1. The maximum atomic E-state index is 10.5. The maximum Gasteiger partial charge on any atom is 0.302 e. The van der Waals surface area contributed by atoms with E-state index in [4.69, 9.17) is 9.84 Å². The Balaban J connectivity index is 2.26. The number of hydrogen-bond acceptors (Lipinski definition) is 3. The van der Waals surface area contributed by atoms with E-state index in [9.17, 15) is 4.79 Å². The van der Waals surface area contributed by atoms with Crippen molar-refractivity contribution in [1.29, 1.82) is 0 Å². The van der Waals surface area contributed by atoms with Gasteiger partial charge in [0.25, 0.3) is 0 Å². The summed E-state index contributed by atoms with van der Waals surface area (Å²) in [5.74, 6) is 0.516. The second-order valence-electron chi connectivity index (χ2n) is 3.44. The van der Waals surface area contributed by atoms with E-state index in [1.165, 1.54) is 6.92 Å². The van der Waals surface area contributed by atoms with Crippen LogP contribution in [0.2, 0.25) is 0 Å². The maximum absolute atomic E-state index is 10.5. The Labute approximate surface area is 72.7 Å². The molecule has 12 heavy (non-hydrogen) atoms. The van der Waals surface area contributed by atoms with Crippen LogP contribution in [-0.4, -0.2) is 24.3 Å². The van der Waals surface area contributed by atoms with Crippen LogP contribution >= 0.6 is 0 Å². The molecule has 0 spiro atoms. The number of carbonyl (C=O) groups excluding carboxylic acids is 1. The zero-order valence-corrected chi connectivity index (χ0v) is 7.45. The fourth-order valence-corrected chi connectivity index (χ4v) is 1.80. The zero-order valence-electron chi connectivity index (χ0n) is 7.45. The number of carbonyl (C=O) groups is 1. The fourth-order valence-electron chi connectivity index (χ4n) is 1.80. The van der Waals surface area contributed by atoms with Gasteiger partial charge in [0.2, 0.25) is 0 Å². The molecule has 0 radical (unpaired) electrons. The largest absolute Gasteiger partial charge is 0.466 e. The average Bonchev–Trinajstić information content (AvgIpc) is 2.47. The van der Waals surface area contributed by atoms with Crippen LogP contribution < -0.4 is 0 Å². The second kappa shape index (κ2) is 4.45. The van der Waals surface area contributed by atoms with E-state index in [-0.39, 0.29) is 12.6 Å². The highest BCUT2D eigenvalue weighted by Gasteiger charge is 2.27. The van der Waals surface area contributed by atoms with Gasteiger partial charge in [0.1, 0.15) is 0 Å². The molecule has 0 unspecified atom stereocenters. The standard InChI is InChI=1S/C9H16O3/c1-7(11)12-6-9-4-2-3-8(9)5-10/h8-10H,2-6H2,1H3/t8-,9+/m0/s1. The first kappa shape index (κ1) is 9.52. The molecule has 1 saturated carbocycles. The van der Waals surface area contributed by atoms with Gasteiger partial charge >= 0.3 is 5.97 Å². The lowest BCUT2D eigenvalue weighted by Crippen LogP contribution is -2.18. The van der Waals surface area contributed by atoms with E-state index in [0.717, 1.165) is 19.3 Å². The van der Waals surface area contributed by atoms with Crippen LogP contribution in [0, 0.1) is 11.8 Å². The Morgan fingerprint density at radius 3 is 2.75 bits per heavy atom. The van der Waals surface area contributed by atoms with Gasteiger partial charge in [-0.2, -0.15) is 0 Å². The summed E-state index contributed by atoms with van der Waals surface area (Å²) >= 11 is 0. The lowest BCUT2D eigenvalue weighted by Gasteiger charge is -2.16. The molecule has 2 atom stereocenters. The first-order valence-electron chi connectivity index (χ1n) is 4.48. The smallest absolute Gasteiger partial charge is 0.302 e. The molecule has 0 aromatic heterocycles. The molecule has 1 aliphatic carbocycles. The SMILES string of the molecule is CC(=O)OC[C@H]1CCC[C@H]1CO. The zero-order chi connectivity index (χ0) is 8.97. The van der Waals surface area contributed by atoms with Crippen molar-refractivity contribution in [3.8, 4) is 0 Å². The van der Waals surface area contributed by atoms with Crippen molar-refractivity contribution in [3.63, 3.8) is 0 Å². The first-order chi connectivity index (χ1) is 5.74. The molecule has 70 valence electrons. The van der Waals surface area contributed by atoms with Gasteiger partial charge in [-0.15, -0.1) is 0 Å². The summed E-state index contributed by atoms with van der Waals surface area (Å²) < 4.78 is 4.91. The van der Waals surface area contributed by atoms with Gasteiger partial charge in [-0.25, -0.2) is 0 Å². The number of rotatable bonds is 3. The van der Waals surface area contributed by atoms with Crippen LogP contribution in [0.15, 0.2) is 0 Å². The van der Waals surface area contributed by atoms with E-state index in [0.29, 0.717) is 18.4 Å². The van der Waals surface area contributed by atoms with Gasteiger partial charge in [0.15, 0.2) is 0 Å². The van der Waals surface area contributed by atoms with Crippen molar-refractivity contribution in [2.24, 2.45) is 11.8 Å². The highest BCUT2D eigenvalue weighted by atomic mass is 16.5. The van der Waals surface area contributed by atoms with Crippen LogP contribution in [0.25, 0.3) is 0 Å². The molecule has 0 bridgehead atoms. The molecule has 3 nitrogen and oxygen atoms in total. The van der Waals surface area contributed by atoms with Gasteiger partial charge in [-0.3, -0.25) is 4.79 Å². The van der Waals surface area contributed by atoms with Crippen molar-refractivity contribution in [2.45, 2.75) is 26.2 Å². The quantitative estimate of drug-likeness (QED) is 0.645. The van der Waals surface area contributed by atoms with Crippen molar-refractivity contribution in [3.05, 3.63) is 0 Å². The average molecular weight is 172 g/mol. The topological polar surface area (TPSA) is 46.5 Å². The number of ether oxygens (including phenoxy) is 1. The second-order valence-corrected chi connectivity index (χ2v) is 3.44. The van der Waals surface area contributed by atoms with Gasteiger partial charge < -0.3 is 9.84 Å². The summed E-state index contributed by atoms with van der Waals surface area (Å²) in [6.45, 7) is 2.13. The molecule has 3 heteroatoms. The van der Waals surface area contributed by atoms with Crippen LogP contribution in [0.1, 0.15) is 26.2 Å². The van der Waals surface area contributed by atoms with Gasteiger partial charge in [0, 0.05) is 13.5 Å². The number of aliphatic hydroxyl groups excluding tert-OH is 1. The third-order valence-electron chi connectivity index (χ3n) is 2.55. The lowest BCUT2D eigenvalue weighted by molar-refractivity contribution is -0.142. The Kier molecular flexibility index (Phi) is 3.53. The first-order valence-corrected chi connectivity index (χ1v) is 4.48. The van der Waals surface area contributed by atoms with E-state index >= 15 is 0 Å². The Bertz CT molecular complexity index is 156. The fraction of sp³-hybridized carbons (Fsp3) is 0.889. The monoisotopic (exact) mass is 172 g/mol. The molecular formula is C9H16O3. The van der Waals surface area contributed by atoms with Crippen molar-refractivity contribution < 1.29 is 14.6 Å². The highest BCUT2D eigenvalue weighted by Crippen LogP contribution is 2.31. The molecule has 0 aromatic carbocycles. The van der Waals surface area contributed by atoms with Gasteiger partial charge in [-0.05, 0) is 24.7 Å². The Morgan fingerprint density at radius 2 is 2.17 bits per heavy atom. The summed E-state index contributed by atoms with van der Waals surface area (Å²) in [5, 5.41) is 8.96. The van der Waals surface area contributed by atoms with Crippen molar-refractivity contribution in [1.82, 2.24) is 0 Å². The predicted molar refractivity (Wildman–Crippen MR) is 44.5 cm³/mol. The van der Waals surface area contributed by atoms with Crippen molar-refractivity contribution in [2.75, 3.05) is 13.2 Å². The third kappa shape index (κ3) is 2.48. The number of hydrogen-bond donors (Lipinski definition) is 1. The highest BCUT2D eigenvalue weighted by molar-refractivity contribution is 5.65. The van der Waals surface area contributed by atoms with Gasteiger partial charge in [-0.1, -0.05) is 6.42 Å². The molecule has 1 rings (SSSR count). The molecule has 1 fully saturated rings. The van der Waals surface area contributed by atoms with Crippen LogP contribution in [-0.2, 0) is 9.53 Å². The summed E-state index contributed by atoms with van der Waals surface area (Å²) in [4.78, 5) is 10.5. The van der Waals surface area contributed by atoms with Crippen LogP contribution in [0.5, 0.6) is 0 Å². The molecule has 0 aliphatic heterocycles. The van der Waals surface area contributed by atoms with Crippen molar-refractivity contribution >= 4 is 5.97 Å². The normalized spacial score (nSPS) is 28.8. The molecule has 0 heterocycles. The number of esters is 1. The minimum absolute atomic E-state index is 0.224. The van der Waals surface area contributed by atoms with Crippen LogP contribution in [0.4, 0.5) is 0 Å². The summed E-state index contributed by atoms with van der Waals surface area (Å²) in [5.41, 5.74) is 0. The predicted octanol–water partition coefficient (Wildman–Crippen LogP) is 0.958. The minimum atomic E-state index is -0.224. The minimum Gasteiger partial charge on any atom is -0.466 e. The third-order valence-corrected chi connectivity index (χ3v) is 2.55. The molecular weight excluding hydrogens is 156 g/mol. The lowest BCUT2D eigenvalue weighted by atomic mass is 9.98. The molecule has 0 amide bonds. The summed E-state index contributed by atoms with van der Waals surface area (Å²) in [6.07, 6.45) is 3.30. The van der Waals surface area contributed by atoms with Crippen LogP contribution in [0.3, 0.4) is 0 Å². The molecule has 1 aliphatic rings. The van der Waals surface area contributed by atoms with E-state index < -0.39 is 0 Å².